The number of rotatable bonds is 2. The molecule has 1 aliphatic rings. The third-order valence-electron chi connectivity index (χ3n) is 3.94. The molecule has 1 N–H and O–H groups in total. The highest BCUT2D eigenvalue weighted by atomic mass is 16.4. The molecule has 2 nitrogen and oxygen atoms in total. The first-order valence-electron chi connectivity index (χ1n) is 5.62. The van der Waals surface area contributed by atoms with Crippen LogP contribution in [-0.4, -0.2) is 11.1 Å². The summed E-state index contributed by atoms with van der Waals surface area (Å²) in [5.41, 5.74) is 2.47. The van der Waals surface area contributed by atoms with Crippen LogP contribution in [0.5, 0.6) is 0 Å². The fourth-order valence-electron chi connectivity index (χ4n) is 2.85. The topological polar surface area (TPSA) is 37.3 Å². The predicted octanol–water partition coefficient (Wildman–Crippen LogP) is 3.06. The Morgan fingerprint density at radius 3 is 2.25 bits per heavy atom. The molecule has 0 spiro atoms. The van der Waals surface area contributed by atoms with Crippen LogP contribution in [0.2, 0.25) is 0 Å². The molecule has 1 aromatic rings. The van der Waals surface area contributed by atoms with E-state index in [1.165, 1.54) is 5.56 Å². The van der Waals surface area contributed by atoms with Crippen LogP contribution in [0.1, 0.15) is 37.0 Å². The summed E-state index contributed by atoms with van der Waals surface area (Å²) in [5, 5.41) is 9.49. The van der Waals surface area contributed by atoms with Gasteiger partial charge in [-0.05, 0) is 36.8 Å². The molecular formula is C14H18O2. The van der Waals surface area contributed by atoms with E-state index in [0.29, 0.717) is 0 Å². The summed E-state index contributed by atoms with van der Waals surface area (Å²) in [5.74, 6) is -0.690. The van der Waals surface area contributed by atoms with E-state index in [1.807, 2.05) is 39.8 Å². The Balaban J connectivity index is 2.56. The van der Waals surface area contributed by atoms with Gasteiger partial charge in [-0.1, -0.05) is 37.6 Å². The minimum atomic E-state index is -0.690. The molecule has 1 aromatic carbocycles. The fourth-order valence-corrected chi connectivity index (χ4v) is 2.85. The molecule has 2 rings (SSSR count). The third kappa shape index (κ3) is 1.29. The van der Waals surface area contributed by atoms with Crippen LogP contribution in [-0.2, 0) is 10.2 Å². The molecule has 16 heavy (non-hydrogen) atoms. The van der Waals surface area contributed by atoms with Gasteiger partial charge < -0.3 is 5.11 Å². The molecule has 1 saturated carbocycles. The number of aliphatic carboxylic acids is 1. The Morgan fingerprint density at radius 2 is 1.88 bits per heavy atom. The lowest BCUT2D eigenvalue weighted by atomic mass is 9.85. The van der Waals surface area contributed by atoms with Crippen molar-refractivity contribution in [1.29, 1.82) is 0 Å². The Labute approximate surface area is 96.3 Å². The molecule has 0 heterocycles. The largest absolute Gasteiger partial charge is 0.481 e. The van der Waals surface area contributed by atoms with Gasteiger partial charge in [-0.2, -0.15) is 0 Å². The number of aryl methyl sites for hydroxylation is 2. The molecule has 0 radical (unpaired) electrons. The number of carbonyl (C=O) groups is 1. The van der Waals surface area contributed by atoms with E-state index >= 15 is 0 Å². The summed E-state index contributed by atoms with van der Waals surface area (Å²) in [4.78, 5) is 11.5. The van der Waals surface area contributed by atoms with Crippen molar-refractivity contribution in [3.05, 3.63) is 34.9 Å². The smallest absolute Gasteiger partial charge is 0.314 e. The van der Waals surface area contributed by atoms with Crippen LogP contribution in [0.15, 0.2) is 18.2 Å². The first-order valence-corrected chi connectivity index (χ1v) is 5.62. The summed E-state index contributed by atoms with van der Waals surface area (Å²) < 4.78 is 0. The maximum atomic E-state index is 11.5. The standard InChI is InChI=1S/C14H18O2/c1-9-5-6-11(10(2)7-9)14(12(15)16)8-13(14,3)4/h5-7H,8H2,1-4H3,(H,15,16). The molecule has 1 fully saturated rings. The van der Waals surface area contributed by atoms with Crippen molar-refractivity contribution in [3.63, 3.8) is 0 Å². The second-order valence-corrected chi connectivity index (χ2v) is 5.59. The quantitative estimate of drug-likeness (QED) is 0.828. The Kier molecular flexibility index (Phi) is 2.16. The van der Waals surface area contributed by atoms with E-state index in [-0.39, 0.29) is 5.41 Å². The highest BCUT2D eigenvalue weighted by molar-refractivity contribution is 5.87. The molecule has 0 amide bonds. The first kappa shape index (κ1) is 11.2. The van der Waals surface area contributed by atoms with Crippen LogP contribution in [0.3, 0.4) is 0 Å². The SMILES string of the molecule is Cc1ccc(C2(C(=O)O)CC2(C)C)c(C)c1. The van der Waals surface area contributed by atoms with Crippen molar-refractivity contribution in [1.82, 2.24) is 0 Å². The summed E-state index contributed by atoms with van der Waals surface area (Å²) >= 11 is 0. The van der Waals surface area contributed by atoms with Gasteiger partial charge in [0.05, 0.1) is 5.41 Å². The summed E-state index contributed by atoms with van der Waals surface area (Å²) in [6.07, 6.45) is 0.735. The minimum Gasteiger partial charge on any atom is -0.481 e. The lowest BCUT2D eigenvalue weighted by Gasteiger charge is -2.19. The van der Waals surface area contributed by atoms with Gasteiger partial charge in [0, 0.05) is 0 Å². The lowest BCUT2D eigenvalue weighted by molar-refractivity contribution is -0.141. The Morgan fingerprint density at radius 1 is 1.31 bits per heavy atom. The van der Waals surface area contributed by atoms with Gasteiger partial charge in [0.15, 0.2) is 0 Å². The average molecular weight is 218 g/mol. The highest BCUT2D eigenvalue weighted by Crippen LogP contribution is 2.64. The summed E-state index contributed by atoms with van der Waals surface area (Å²) in [6, 6.07) is 6.05. The second kappa shape index (κ2) is 3.09. The summed E-state index contributed by atoms with van der Waals surface area (Å²) in [7, 11) is 0. The van der Waals surface area contributed by atoms with E-state index < -0.39 is 11.4 Å². The van der Waals surface area contributed by atoms with Gasteiger partial charge in [0.1, 0.15) is 0 Å². The van der Waals surface area contributed by atoms with Crippen molar-refractivity contribution in [3.8, 4) is 0 Å². The van der Waals surface area contributed by atoms with Crippen LogP contribution >= 0.6 is 0 Å². The number of hydrogen-bond acceptors (Lipinski definition) is 1. The van der Waals surface area contributed by atoms with Crippen molar-refractivity contribution in [2.45, 2.75) is 39.5 Å². The average Bonchev–Trinajstić information content (AvgIpc) is 2.70. The van der Waals surface area contributed by atoms with E-state index in [4.69, 9.17) is 0 Å². The van der Waals surface area contributed by atoms with Gasteiger partial charge in [-0.25, -0.2) is 0 Å². The number of hydrogen-bond donors (Lipinski definition) is 1. The van der Waals surface area contributed by atoms with E-state index in [0.717, 1.165) is 17.5 Å². The van der Waals surface area contributed by atoms with Gasteiger partial charge in [-0.3, -0.25) is 4.79 Å². The predicted molar refractivity (Wildman–Crippen MR) is 63.6 cm³/mol. The zero-order valence-electron chi connectivity index (χ0n) is 10.3. The molecule has 1 atom stereocenters. The number of carboxylic acid groups (broad SMARTS) is 1. The van der Waals surface area contributed by atoms with Crippen molar-refractivity contribution < 1.29 is 9.90 Å². The normalized spacial score (nSPS) is 26.5. The maximum absolute atomic E-state index is 11.5. The van der Waals surface area contributed by atoms with Crippen molar-refractivity contribution >= 4 is 5.97 Å². The zero-order valence-corrected chi connectivity index (χ0v) is 10.3. The molecule has 0 saturated heterocycles. The minimum absolute atomic E-state index is 0.126. The van der Waals surface area contributed by atoms with E-state index in [1.54, 1.807) is 0 Å². The maximum Gasteiger partial charge on any atom is 0.314 e. The van der Waals surface area contributed by atoms with Crippen LogP contribution in [0.25, 0.3) is 0 Å². The molecule has 2 heteroatoms. The molecule has 0 aliphatic heterocycles. The van der Waals surface area contributed by atoms with Crippen molar-refractivity contribution in [2.75, 3.05) is 0 Å². The van der Waals surface area contributed by atoms with Crippen LogP contribution in [0, 0.1) is 19.3 Å². The van der Waals surface area contributed by atoms with E-state index in [9.17, 15) is 9.90 Å². The zero-order chi connectivity index (χ0) is 12.1. The fraction of sp³-hybridized carbons (Fsp3) is 0.500. The third-order valence-corrected chi connectivity index (χ3v) is 3.94. The molecule has 1 unspecified atom stereocenters. The van der Waals surface area contributed by atoms with Crippen LogP contribution in [0.4, 0.5) is 0 Å². The monoisotopic (exact) mass is 218 g/mol. The molecule has 86 valence electrons. The van der Waals surface area contributed by atoms with E-state index in [2.05, 4.69) is 6.07 Å². The van der Waals surface area contributed by atoms with Gasteiger partial charge >= 0.3 is 5.97 Å². The van der Waals surface area contributed by atoms with Crippen molar-refractivity contribution in [2.24, 2.45) is 5.41 Å². The van der Waals surface area contributed by atoms with Crippen LogP contribution < -0.4 is 0 Å². The van der Waals surface area contributed by atoms with Gasteiger partial charge in [0.2, 0.25) is 0 Å². The Bertz CT molecular complexity index is 460. The highest BCUT2D eigenvalue weighted by Gasteiger charge is 2.68. The number of carboxylic acids is 1. The first-order chi connectivity index (χ1) is 7.31. The van der Waals surface area contributed by atoms with Gasteiger partial charge in [0.25, 0.3) is 0 Å². The molecule has 0 aromatic heterocycles. The second-order valence-electron chi connectivity index (χ2n) is 5.59. The van der Waals surface area contributed by atoms with Gasteiger partial charge in [-0.15, -0.1) is 0 Å². The molecule has 1 aliphatic carbocycles. The number of benzene rings is 1. The summed E-state index contributed by atoms with van der Waals surface area (Å²) in [6.45, 7) is 8.09. The molecule has 0 bridgehead atoms. The lowest BCUT2D eigenvalue weighted by Crippen LogP contribution is -2.26. The Hall–Kier alpha value is -1.31. The molecular weight excluding hydrogens is 200 g/mol.